The van der Waals surface area contributed by atoms with Gasteiger partial charge in [0.2, 0.25) is 0 Å². The first-order valence-corrected chi connectivity index (χ1v) is 8.54. The van der Waals surface area contributed by atoms with Gasteiger partial charge in [0.05, 0.1) is 0 Å². The van der Waals surface area contributed by atoms with Crippen molar-refractivity contribution in [3.05, 3.63) is 100 Å². The third-order valence-corrected chi connectivity index (χ3v) is 5.17. The average Bonchev–Trinajstić information content (AvgIpc) is 2.62. The maximum absolute atomic E-state index is 11.5. The SMILES string of the molecule is Cc1ccccc1C(C)(c1ccc(O)c(C(=O)O)c1)c1ccccc1C. The van der Waals surface area contributed by atoms with E-state index in [-0.39, 0.29) is 11.3 Å². The van der Waals surface area contributed by atoms with Gasteiger partial charge in [0.25, 0.3) is 0 Å². The van der Waals surface area contributed by atoms with Gasteiger partial charge in [-0.2, -0.15) is 0 Å². The molecule has 2 N–H and O–H groups in total. The summed E-state index contributed by atoms with van der Waals surface area (Å²) in [6.07, 6.45) is 0. The van der Waals surface area contributed by atoms with E-state index in [1.54, 1.807) is 12.1 Å². The minimum atomic E-state index is -1.14. The van der Waals surface area contributed by atoms with Crippen LogP contribution in [0.4, 0.5) is 0 Å². The molecule has 26 heavy (non-hydrogen) atoms. The molecule has 0 aromatic heterocycles. The largest absolute Gasteiger partial charge is 0.507 e. The van der Waals surface area contributed by atoms with E-state index in [1.165, 1.54) is 6.07 Å². The topological polar surface area (TPSA) is 57.5 Å². The van der Waals surface area contributed by atoms with Crippen LogP contribution in [-0.2, 0) is 5.41 Å². The fourth-order valence-corrected chi connectivity index (χ4v) is 3.74. The highest BCUT2D eigenvalue weighted by Gasteiger charge is 2.34. The van der Waals surface area contributed by atoms with Gasteiger partial charge >= 0.3 is 5.97 Å². The lowest BCUT2D eigenvalue weighted by Gasteiger charge is -2.34. The van der Waals surface area contributed by atoms with Crippen molar-refractivity contribution in [1.29, 1.82) is 0 Å². The van der Waals surface area contributed by atoms with Gasteiger partial charge in [0, 0.05) is 5.41 Å². The Morgan fingerprint density at radius 3 is 1.81 bits per heavy atom. The second-order valence-electron chi connectivity index (χ2n) is 6.79. The van der Waals surface area contributed by atoms with Gasteiger partial charge in [-0.1, -0.05) is 54.6 Å². The molecule has 0 spiro atoms. The molecule has 3 rings (SSSR count). The lowest BCUT2D eigenvalue weighted by atomic mass is 9.68. The van der Waals surface area contributed by atoms with Gasteiger partial charge in [-0.15, -0.1) is 0 Å². The van der Waals surface area contributed by atoms with E-state index in [1.807, 2.05) is 24.3 Å². The van der Waals surface area contributed by atoms with Crippen LogP contribution >= 0.6 is 0 Å². The van der Waals surface area contributed by atoms with Crippen molar-refractivity contribution in [2.45, 2.75) is 26.2 Å². The highest BCUT2D eigenvalue weighted by Crippen LogP contribution is 2.42. The lowest BCUT2D eigenvalue weighted by molar-refractivity contribution is 0.0693. The van der Waals surface area contributed by atoms with Gasteiger partial charge < -0.3 is 10.2 Å². The van der Waals surface area contributed by atoms with Crippen molar-refractivity contribution < 1.29 is 15.0 Å². The molecule has 0 atom stereocenters. The van der Waals surface area contributed by atoms with Crippen LogP contribution < -0.4 is 0 Å². The van der Waals surface area contributed by atoms with Crippen LogP contribution in [0.3, 0.4) is 0 Å². The monoisotopic (exact) mass is 346 g/mol. The lowest BCUT2D eigenvalue weighted by Crippen LogP contribution is -2.27. The van der Waals surface area contributed by atoms with Crippen LogP contribution in [0.2, 0.25) is 0 Å². The summed E-state index contributed by atoms with van der Waals surface area (Å²) in [6, 6.07) is 21.1. The Bertz CT molecular complexity index is 927. The number of aromatic hydroxyl groups is 1. The molecular weight excluding hydrogens is 324 g/mol. The summed E-state index contributed by atoms with van der Waals surface area (Å²) in [6.45, 7) is 6.23. The molecule has 0 saturated heterocycles. The van der Waals surface area contributed by atoms with E-state index in [0.29, 0.717) is 0 Å². The molecule has 0 aliphatic rings. The third kappa shape index (κ3) is 2.86. The molecule has 3 heteroatoms. The maximum Gasteiger partial charge on any atom is 0.339 e. The molecule has 0 heterocycles. The summed E-state index contributed by atoms with van der Waals surface area (Å²) in [4.78, 5) is 11.5. The van der Waals surface area contributed by atoms with E-state index < -0.39 is 11.4 Å². The van der Waals surface area contributed by atoms with Crippen molar-refractivity contribution in [2.24, 2.45) is 0 Å². The predicted octanol–water partition coefficient (Wildman–Crippen LogP) is 5.06. The molecule has 0 aliphatic carbocycles. The summed E-state index contributed by atoms with van der Waals surface area (Å²) in [5.41, 5.74) is 4.67. The van der Waals surface area contributed by atoms with Crippen LogP contribution in [0.15, 0.2) is 66.7 Å². The van der Waals surface area contributed by atoms with Crippen molar-refractivity contribution in [2.75, 3.05) is 0 Å². The van der Waals surface area contributed by atoms with E-state index in [2.05, 4.69) is 45.0 Å². The molecule has 0 unspecified atom stereocenters. The summed E-state index contributed by atoms with van der Waals surface area (Å²) in [7, 11) is 0. The number of phenols is 1. The summed E-state index contributed by atoms with van der Waals surface area (Å²) < 4.78 is 0. The molecule has 0 radical (unpaired) electrons. The highest BCUT2D eigenvalue weighted by molar-refractivity contribution is 5.91. The summed E-state index contributed by atoms with van der Waals surface area (Å²) in [5, 5.41) is 19.4. The smallest absolute Gasteiger partial charge is 0.339 e. The van der Waals surface area contributed by atoms with Crippen LogP contribution in [0.1, 0.15) is 45.1 Å². The van der Waals surface area contributed by atoms with Gasteiger partial charge in [0.1, 0.15) is 11.3 Å². The number of rotatable bonds is 4. The number of benzene rings is 3. The highest BCUT2D eigenvalue weighted by atomic mass is 16.4. The third-order valence-electron chi connectivity index (χ3n) is 5.17. The number of hydrogen-bond donors (Lipinski definition) is 2. The Kier molecular flexibility index (Phi) is 4.56. The fraction of sp³-hybridized carbons (Fsp3) is 0.174. The Labute approximate surface area is 153 Å². The molecule has 132 valence electrons. The van der Waals surface area contributed by atoms with Crippen LogP contribution in [0, 0.1) is 13.8 Å². The van der Waals surface area contributed by atoms with Crippen LogP contribution in [0.25, 0.3) is 0 Å². The second-order valence-corrected chi connectivity index (χ2v) is 6.79. The van der Waals surface area contributed by atoms with E-state index in [4.69, 9.17) is 0 Å². The summed E-state index contributed by atoms with van der Waals surface area (Å²) >= 11 is 0. The second kappa shape index (κ2) is 6.68. The average molecular weight is 346 g/mol. The van der Waals surface area contributed by atoms with Gasteiger partial charge in [-0.25, -0.2) is 4.79 Å². The van der Waals surface area contributed by atoms with E-state index >= 15 is 0 Å². The standard InChI is InChI=1S/C23H22O3/c1-15-8-4-6-10-19(15)23(3,20-11-7-5-9-16(20)2)17-12-13-21(24)18(14-17)22(25)26/h4-14,24H,1-3H3,(H,25,26). The molecule has 3 nitrogen and oxygen atoms in total. The quantitative estimate of drug-likeness (QED) is 0.649. The van der Waals surface area contributed by atoms with Crippen LogP contribution in [-0.4, -0.2) is 16.2 Å². The van der Waals surface area contributed by atoms with Crippen LogP contribution in [0.5, 0.6) is 5.75 Å². The van der Waals surface area contributed by atoms with Gasteiger partial charge in [-0.3, -0.25) is 0 Å². The number of aryl methyl sites for hydroxylation is 2. The Morgan fingerprint density at radius 1 is 0.846 bits per heavy atom. The maximum atomic E-state index is 11.5. The van der Waals surface area contributed by atoms with Crippen molar-refractivity contribution in [3.8, 4) is 5.75 Å². The molecule has 0 fully saturated rings. The fourth-order valence-electron chi connectivity index (χ4n) is 3.74. The molecular formula is C23H22O3. The van der Waals surface area contributed by atoms with E-state index in [9.17, 15) is 15.0 Å². The summed E-state index contributed by atoms with van der Waals surface area (Å²) in [5.74, 6) is -1.36. The van der Waals surface area contributed by atoms with Crippen molar-refractivity contribution >= 4 is 5.97 Å². The molecule has 0 bridgehead atoms. The molecule has 3 aromatic rings. The zero-order chi connectivity index (χ0) is 18.9. The first-order chi connectivity index (χ1) is 12.4. The van der Waals surface area contributed by atoms with Crippen molar-refractivity contribution in [3.63, 3.8) is 0 Å². The molecule has 3 aromatic carbocycles. The Balaban J connectivity index is 2.37. The number of hydrogen-bond acceptors (Lipinski definition) is 2. The zero-order valence-corrected chi connectivity index (χ0v) is 15.2. The minimum absolute atomic E-state index is 0.0871. The van der Waals surface area contributed by atoms with E-state index in [0.717, 1.165) is 27.8 Å². The number of carboxylic acids is 1. The number of carbonyl (C=O) groups is 1. The number of carboxylic acid groups (broad SMARTS) is 1. The zero-order valence-electron chi connectivity index (χ0n) is 15.2. The minimum Gasteiger partial charge on any atom is -0.507 e. The normalized spacial score (nSPS) is 11.3. The first-order valence-electron chi connectivity index (χ1n) is 8.54. The Hall–Kier alpha value is -3.07. The molecule has 0 saturated carbocycles. The Morgan fingerprint density at radius 2 is 1.35 bits per heavy atom. The van der Waals surface area contributed by atoms with Gasteiger partial charge in [0.15, 0.2) is 0 Å². The van der Waals surface area contributed by atoms with Crippen molar-refractivity contribution in [1.82, 2.24) is 0 Å². The first kappa shape index (κ1) is 17.7. The predicted molar refractivity (Wildman–Crippen MR) is 103 cm³/mol. The van der Waals surface area contributed by atoms with Gasteiger partial charge in [-0.05, 0) is 60.7 Å². The molecule has 0 aliphatic heterocycles. The number of aromatic carboxylic acids is 1. The molecule has 0 amide bonds.